The van der Waals surface area contributed by atoms with Crippen molar-refractivity contribution in [2.45, 2.75) is 84.1 Å². The van der Waals surface area contributed by atoms with E-state index in [0.717, 1.165) is 37.0 Å². The smallest absolute Gasteiger partial charge is 0.114 e. The Bertz CT molecular complexity index is 1140. The highest BCUT2D eigenvalue weighted by Crippen LogP contribution is 2.66. The SMILES string of the molecule is C=P(C)(CC1CC(C)C(OC)C1OP(=C)(C)OCC1CC(C)C(O)C1O)CP(=C)(C)CP(=C)(C)CC1OC(C)C(C)C1C. The van der Waals surface area contributed by atoms with Gasteiger partial charge in [0.1, 0.15) is 7.34 Å². The molecule has 16 atom stereocenters. The average molecular weight is 683 g/mol. The molecular formula is C33H66O6P4. The van der Waals surface area contributed by atoms with Crippen molar-refractivity contribution in [3.63, 3.8) is 0 Å². The highest BCUT2D eigenvalue weighted by molar-refractivity contribution is 7.95. The summed E-state index contributed by atoms with van der Waals surface area (Å²) in [7, 11) is -0.658. The maximum atomic E-state index is 10.4. The summed E-state index contributed by atoms with van der Waals surface area (Å²) in [5, 5.41) is 20.6. The molecule has 1 saturated heterocycles. The van der Waals surface area contributed by atoms with Crippen molar-refractivity contribution in [1.82, 2.24) is 0 Å². The summed E-state index contributed by atoms with van der Waals surface area (Å²) >= 11 is 0. The molecule has 2 N–H and O–H groups in total. The fourth-order valence-corrected chi connectivity index (χ4v) is 27.8. The van der Waals surface area contributed by atoms with Gasteiger partial charge in [0.25, 0.3) is 0 Å². The fourth-order valence-electron chi connectivity index (χ4n) is 8.42. The number of aliphatic hydroxyl groups is 2. The number of ether oxygens (including phenoxy) is 2. The Morgan fingerprint density at radius 2 is 1.28 bits per heavy atom. The Labute approximate surface area is 265 Å². The van der Waals surface area contributed by atoms with E-state index in [4.69, 9.17) is 37.4 Å². The number of methoxy groups -OCH3 is 1. The van der Waals surface area contributed by atoms with E-state index in [2.05, 4.69) is 54.0 Å². The summed E-state index contributed by atoms with van der Waals surface area (Å²) in [5.74, 6) is 4.12. The minimum atomic E-state index is -2.44. The van der Waals surface area contributed by atoms with E-state index in [1.165, 1.54) is 0 Å². The molecule has 0 aromatic rings. The van der Waals surface area contributed by atoms with E-state index in [0.29, 0.717) is 42.5 Å². The lowest BCUT2D eigenvalue weighted by Crippen LogP contribution is -2.34. The van der Waals surface area contributed by atoms with Crippen molar-refractivity contribution in [1.29, 1.82) is 0 Å². The van der Waals surface area contributed by atoms with Crippen LogP contribution in [0, 0.1) is 35.5 Å². The van der Waals surface area contributed by atoms with E-state index in [1.807, 2.05) is 13.6 Å². The molecule has 1 heterocycles. The van der Waals surface area contributed by atoms with Crippen LogP contribution in [-0.4, -0.2) is 137 Å². The van der Waals surface area contributed by atoms with Crippen LogP contribution >= 0.6 is 28.0 Å². The zero-order valence-corrected chi connectivity index (χ0v) is 32.6. The molecule has 3 aliphatic rings. The third-order valence-electron chi connectivity index (χ3n) is 10.5. The predicted octanol–water partition coefficient (Wildman–Crippen LogP) is 6.56. The summed E-state index contributed by atoms with van der Waals surface area (Å²) in [5.41, 5.74) is 0. The molecule has 0 bridgehead atoms. The van der Waals surface area contributed by atoms with Crippen molar-refractivity contribution >= 4 is 53.2 Å². The quantitative estimate of drug-likeness (QED) is 0.202. The van der Waals surface area contributed by atoms with Crippen LogP contribution < -0.4 is 0 Å². The Kier molecular flexibility index (Phi) is 13.0. The molecule has 16 unspecified atom stereocenters. The monoisotopic (exact) mass is 682 g/mol. The lowest BCUT2D eigenvalue weighted by atomic mass is 9.92. The molecule has 43 heavy (non-hydrogen) atoms. The van der Waals surface area contributed by atoms with Gasteiger partial charge in [0.05, 0.1) is 43.2 Å². The summed E-state index contributed by atoms with van der Waals surface area (Å²) in [6.45, 7) is 16.2. The number of hydrogen-bond acceptors (Lipinski definition) is 6. The maximum absolute atomic E-state index is 10.4. The standard InChI is InChI=1S/C33H66O6P4/c1-22-15-27(31(35)30(22)34)17-37-43(13,14)39-33-28(16-23(2)32(33)36-6)18-40(7,8)20-42(11,12)21-41(9,10)19-29-25(4)24(3)26(5)38-29/h22-35H,7,9,11,13,15-21H2,1-6,8,10,12,14H3. The summed E-state index contributed by atoms with van der Waals surface area (Å²) in [6, 6.07) is 0. The van der Waals surface area contributed by atoms with Crippen LogP contribution in [0.1, 0.15) is 47.5 Å². The zero-order valence-electron chi connectivity index (χ0n) is 29.0. The van der Waals surface area contributed by atoms with Gasteiger partial charge in [-0.1, -0.05) is 34.0 Å². The van der Waals surface area contributed by atoms with Gasteiger partial charge in [-0.15, -0.1) is 39.6 Å². The minimum absolute atomic E-state index is 0.0123. The van der Waals surface area contributed by atoms with Gasteiger partial charge in [-0.2, -0.15) is 0 Å². The van der Waals surface area contributed by atoms with Gasteiger partial charge in [0.15, 0.2) is 0 Å². The van der Waals surface area contributed by atoms with Crippen LogP contribution in [0.4, 0.5) is 0 Å². The third kappa shape index (κ3) is 10.2. The molecule has 0 aromatic carbocycles. The van der Waals surface area contributed by atoms with Crippen LogP contribution in [0.3, 0.4) is 0 Å². The van der Waals surface area contributed by atoms with Crippen molar-refractivity contribution in [2.24, 2.45) is 35.5 Å². The molecule has 0 aromatic heterocycles. The van der Waals surface area contributed by atoms with Crippen LogP contribution in [0.2, 0.25) is 0 Å². The Hall–Kier alpha value is 0.960. The second-order valence-electron chi connectivity index (χ2n) is 16.1. The van der Waals surface area contributed by atoms with Crippen molar-refractivity contribution in [2.75, 3.05) is 64.5 Å². The normalized spacial score (nSPS) is 44.0. The molecule has 0 radical (unpaired) electrons. The van der Waals surface area contributed by atoms with Crippen LogP contribution in [0.15, 0.2) is 0 Å². The molecule has 10 heteroatoms. The van der Waals surface area contributed by atoms with Gasteiger partial charge in [0.2, 0.25) is 0 Å². The van der Waals surface area contributed by atoms with E-state index < -0.39 is 40.2 Å². The second-order valence-corrected chi connectivity index (χ2v) is 31.3. The first-order chi connectivity index (χ1) is 19.6. The van der Waals surface area contributed by atoms with Gasteiger partial charge in [-0.05, 0) is 93.5 Å². The Balaban J connectivity index is 1.64. The first kappa shape index (κ1) is 38.4. The van der Waals surface area contributed by atoms with Gasteiger partial charge in [-0.3, -0.25) is 0 Å². The fraction of sp³-hybridized carbons (Fsp3) is 0.879. The molecule has 2 aliphatic carbocycles. The molecule has 2 saturated carbocycles. The number of aliphatic hydroxyl groups excluding tert-OH is 2. The van der Waals surface area contributed by atoms with E-state index >= 15 is 0 Å². The van der Waals surface area contributed by atoms with E-state index in [9.17, 15) is 10.2 Å². The Morgan fingerprint density at radius 1 is 0.721 bits per heavy atom. The largest absolute Gasteiger partial charge is 0.390 e. The minimum Gasteiger partial charge on any atom is -0.390 e. The third-order valence-corrected chi connectivity index (χ3v) is 25.4. The lowest BCUT2D eigenvalue weighted by Gasteiger charge is -2.37. The van der Waals surface area contributed by atoms with Crippen LogP contribution in [0.25, 0.3) is 0 Å². The maximum Gasteiger partial charge on any atom is 0.114 e. The summed E-state index contributed by atoms with van der Waals surface area (Å²) in [6.07, 6.45) is 21.9. The molecule has 0 spiro atoms. The molecule has 0 amide bonds. The van der Waals surface area contributed by atoms with Crippen molar-refractivity contribution in [3.05, 3.63) is 0 Å². The first-order valence-corrected chi connectivity index (χ1v) is 26.8. The van der Waals surface area contributed by atoms with Gasteiger partial charge in [-0.25, -0.2) is 0 Å². The van der Waals surface area contributed by atoms with Crippen LogP contribution in [-0.2, 0) is 18.5 Å². The zero-order chi connectivity index (χ0) is 32.7. The molecule has 1 aliphatic heterocycles. The summed E-state index contributed by atoms with van der Waals surface area (Å²) in [4.78, 5) is 0. The molecule has 3 rings (SSSR count). The number of hydrogen-bond donors (Lipinski definition) is 2. The molecule has 254 valence electrons. The van der Waals surface area contributed by atoms with Gasteiger partial charge in [0, 0.05) is 19.7 Å². The molecule has 3 fully saturated rings. The van der Waals surface area contributed by atoms with Crippen molar-refractivity contribution < 1.29 is 28.7 Å². The average Bonchev–Trinajstić information content (AvgIpc) is 3.36. The Morgan fingerprint density at radius 3 is 1.77 bits per heavy atom. The highest BCUT2D eigenvalue weighted by Gasteiger charge is 2.46. The molecule has 6 nitrogen and oxygen atoms in total. The van der Waals surface area contributed by atoms with Crippen molar-refractivity contribution in [3.8, 4) is 0 Å². The van der Waals surface area contributed by atoms with Gasteiger partial charge < -0.3 is 28.7 Å². The molecular weight excluding hydrogens is 616 g/mol. The predicted molar refractivity (Wildman–Crippen MR) is 200 cm³/mol. The first-order valence-electron chi connectivity index (χ1n) is 16.2. The summed E-state index contributed by atoms with van der Waals surface area (Å²) < 4.78 is 25.4. The van der Waals surface area contributed by atoms with E-state index in [-0.39, 0.29) is 24.0 Å². The number of rotatable bonds is 14. The second kappa shape index (κ2) is 14.6. The van der Waals surface area contributed by atoms with Gasteiger partial charge >= 0.3 is 0 Å². The van der Waals surface area contributed by atoms with E-state index in [1.54, 1.807) is 7.11 Å². The lowest BCUT2D eigenvalue weighted by molar-refractivity contribution is -0.0152. The van der Waals surface area contributed by atoms with Crippen LogP contribution in [0.5, 0.6) is 0 Å². The topological polar surface area (TPSA) is 77.4 Å². The highest BCUT2D eigenvalue weighted by atomic mass is 31.2.